The Bertz CT molecular complexity index is 879. The second kappa shape index (κ2) is 9.44. The Morgan fingerprint density at radius 2 is 1.93 bits per heavy atom. The van der Waals surface area contributed by atoms with Crippen molar-refractivity contribution in [3.8, 4) is 17.6 Å². The van der Waals surface area contributed by atoms with Crippen molar-refractivity contribution in [1.82, 2.24) is 0 Å². The molecule has 0 heterocycles. The number of primary amides is 1. The van der Waals surface area contributed by atoms with Crippen LogP contribution >= 0.6 is 0 Å². The largest absolute Gasteiger partial charge is 0.490 e. The number of benzene rings is 2. The second-order valence-corrected chi connectivity index (χ2v) is 6.50. The van der Waals surface area contributed by atoms with E-state index in [1.807, 2.05) is 13.0 Å². The molecule has 27 heavy (non-hydrogen) atoms. The van der Waals surface area contributed by atoms with Crippen LogP contribution in [0.15, 0.2) is 48.0 Å². The summed E-state index contributed by atoms with van der Waals surface area (Å²) in [7, 11) is 0. The van der Waals surface area contributed by atoms with Gasteiger partial charge in [0.25, 0.3) is 5.91 Å². The normalized spacial score (nSPS) is 11.1. The van der Waals surface area contributed by atoms with Crippen LogP contribution in [0.25, 0.3) is 6.08 Å². The van der Waals surface area contributed by atoms with E-state index in [9.17, 15) is 4.79 Å². The molecule has 0 radical (unpaired) electrons. The first-order valence-electron chi connectivity index (χ1n) is 8.78. The molecule has 0 atom stereocenters. The lowest BCUT2D eigenvalue weighted by molar-refractivity contribution is -0.114. The lowest BCUT2D eigenvalue weighted by Gasteiger charge is -2.15. The van der Waals surface area contributed by atoms with Gasteiger partial charge in [0.05, 0.1) is 0 Å². The Balaban J connectivity index is 1.97. The summed E-state index contributed by atoms with van der Waals surface area (Å²) in [4.78, 5) is 11.1. The summed E-state index contributed by atoms with van der Waals surface area (Å²) in [5.41, 5.74) is 8.04. The van der Waals surface area contributed by atoms with Gasteiger partial charge in [-0.2, -0.15) is 5.26 Å². The number of nitrogens with two attached hydrogens (primary N) is 1. The minimum atomic E-state index is -0.753. The predicted octanol–water partition coefficient (Wildman–Crippen LogP) is 3.97. The lowest BCUT2D eigenvalue weighted by Crippen LogP contribution is -2.12. The maximum absolute atomic E-state index is 11.1. The first-order chi connectivity index (χ1) is 12.9. The van der Waals surface area contributed by atoms with E-state index < -0.39 is 5.91 Å². The fraction of sp³-hybridized carbons (Fsp3) is 0.273. The van der Waals surface area contributed by atoms with Gasteiger partial charge in [0.15, 0.2) is 0 Å². The third kappa shape index (κ3) is 5.89. The van der Waals surface area contributed by atoms with Crippen molar-refractivity contribution in [2.45, 2.75) is 26.7 Å². The van der Waals surface area contributed by atoms with Crippen LogP contribution in [-0.4, -0.2) is 19.1 Å². The van der Waals surface area contributed by atoms with Gasteiger partial charge in [-0.05, 0) is 53.8 Å². The van der Waals surface area contributed by atoms with E-state index in [0.29, 0.717) is 30.4 Å². The molecule has 0 aliphatic rings. The van der Waals surface area contributed by atoms with E-state index in [1.165, 1.54) is 11.6 Å². The highest BCUT2D eigenvalue weighted by Crippen LogP contribution is 2.27. The van der Waals surface area contributed by atoms with Crippen LogP contribution in [0.3, 0.4) is 0 Å². The molecule has 5 heteroatoms. The fourth-order valence-corrected chi connectivity index (χ4v) is 2.57. The summed E-state index contributed by atoms with van der Waals surface area (Å²) in [5, 5.41) is 8.92. The van der Waals surface area contributed by atoms with Crippen molar-refractivity contribution in [2.75, 3.05) is 13.2 Å². The molecule has 0 bridgehead atoms. The third-order valence-corrected chi connectivity index (χ3v) is 3.96. The number of hydrogen-bond acceptors (Lipinski definition) is 4. The molecule has 0 saturated carbocycles. The van der Waals surface area contributed by atoms with Gasteiger partial charge >= 0.3 is 0 Å². The van der Waals surface area contributed by atoms with Crippen molar-refractivity contribution >= 4 is 12.0 Å². The highest BCUT2D eigenvalue weighted by Gasteiger charge is 2.08. The number of nitriles is 1. The van der Waals surface area contributed by atoms with Gasteiger partial charge in [0.2, 0.25) is 0 Å². The molecular formula is C22H24N2O3. The van der Waals surface area contributed by atoms with E-state index in [0.717, 1.165) is 11.3 Å². The van der Waals surface area contributed by atoms with E-state index in [1.54, 1.807) is 30.3 Å². The molecule has 0 spiro atoms. The molecule has 0 aliphatic heterocycles. The van der Waals surface area contributed by atoms with Crippen LogP contribution in [-0.2, 0) is 4.79 Å². The SMILES string of the molecule is Cc1ccc(C(C)C)c(OCCOc2cccc(C=C(C#N)C(N)=O)c2)c1. The predicted molar refractivity (Wildman–Crippen MR) is 105 cm³/mol. The van der Waals surface area contributed by atoms with E-state index in [2.05, 4.69) is 26.0 Å². The lowest BCUT2D eigenvalue weighted by atomic mass is 10.0. The quantitative estimate of drug-likeness (QED) is 0.436. The average molecular weight is 364 g/mol. The molecule has 2 rings (SSSR count). The highest BCUT2D eigenvalue weighted by atomic mass is 16.5. The molecular weight excluding hydrogens is 340 g/mol. The molecule has 1 amide bonds. The molecule has 5 nitrogen and oxygen atoms in total. The molecule has 0 saturated heterocycles. The molecule has 2 aromatic rings. The Kier molecular flexibility index (Phi) is 7.01. The van der Waals surface area contributed by atoms with Crippen molar-refractivity contribution in [3.05, 3.63) is 64.7 Å². The zero-order chi connectivity index (χ0) is 19.8. The number of aryl methyl sites for hydroxylation is 1. The van der Waals surface area contributed by atoms with E-state index in [-0.39, 0.29) is 5.57 Å². The molecule has 140 valence electrons. The first kappa shape index (κ1) is 20.1. The number of ether oxygens (including phenoxy) is 2. The average Bonchev–Trinajstić information content (AvgIpc) is 2.63. The summed E-state index contributed by atoms with van der Waals surface area (Å²) in [6, 6.07) is 15.1. The van der Waals surface area contributed by atoms with Gasteiger partial charge < -0.3 is 15.2 Å². The molecule has 0 fully saturated rings. The Morgan fingerprint density at radius 3 is 2.59 bits per heavy atom. The zero-order valence-electron chi connectivity index (χ0n) is 15.9. The van der Waals surface area contributed by atoms with E-state index >= 15 is 0 Å². The topological polar surface area (TPSA) is 85.3 Å². The van der Waals surface area contributed by atoms with Gasteiger partial charge in [-0.1, -0.05) is 38.1 Å². The summed E-state index contributed by atoms with van der Waals surface area (Å²) in [6.07, 6.45) is 1.44. The smallest absolute Gasteiger partial charge is 0.259 e. The number of hydrogen-bond donors (Lipinski definition) is 1. The monoisotopic (exact) mass is 364 g/mol. The van der Waals surface area contributed by atoms with Crippen LogP contribution in [0.2, 0.25) is 0 Å². The minimum Gasteiger partial charge on any atom is -0.490 e. The Morgan fingerprint density at radius 1 is 1.19 bits per heavy atom. The van der Waals surface area contributed by atoms with Crippen LogP contribution in [0.1, 0.15) is 36.5 Å². The third-order valence-electron chi connectivity index (χ3n) is 3.96. The van der Waals surface area contributed by atoms with Crippen molar-refractivity contribution in [2.24, 2.45) is 5.73 Å². The van der Waals surface area contributed by atoms with Crippen LogP contribution in [0.4, 0.5) is 0 Å². The van der Waals surface area contributed by atoms with Crippen molar-refractivity contribution in [3.63, 3.8) is 0 Å². The fourth-order valence-electron chi connectivity index (χ4n) is 2.57. The molecule has 2 N–H and O–H groups in total. The summed E-state index contributed by atoms with van der Waals surface area (Å²) < 4.78 is 11.6. The van der Waals surface area contributed by atoms with Crippen LogP contribution in [0, 0.1) is 18.3 Å². The van der Waals surface area contributed by atoms with Crippen LogP contribution < -0.4 is 15.2 Å². The van der Waals surface area contributed by atoms with Gasteiger partial charge in [-0.15, -0.1) is 0 Å². The number of nitrogens with zero attached hydrogens (tertiary/aromatic N) is 1. The molecule has 2 aromatic carbocycles. The second-order valence-electron chi connectivity index (χ2n) is 6.50. The van der Waals surface area contributed by atoms with Gasteiger partial charge in [-0.3, -0.25) is 4.79 Å². The summed E-state index contributed by atoms with van der Waals surface area (Å²) in [5.74, 6) is 1.13. The first-order valence-corrected chi connectivity index (χ1v) is 8.78. The summed E-state index contributed by atoms with van der Waals surface area (Å²) >= 11 is 0. The molecule has 0 unspecified atom stereocenters. The van der Waals surface area contributed by atoms with Gasteiger partial charge in [0, 0.05) is 0 Å². The van der Waals surface area contributed by atoms with Gasteiger partial charge in [0.1, 0.15) is 36.4 Å². The molecule has 0 aromatic heterocycles. The highest BCUT2D eigenvalue weighted by molar-refractivity contribution is 6.00. The van der Waals surface area contributed by atoms with Gasteiger partial charge in [-0.25, -0.2) is 0 Å². The number of rotatable bonds is 8. The number of amides is 1. The van der Waals surface area contributed by atoms with Crippen molar-refractivity contribution in [1.29, 1.82) is 5.26 Å². The Labute approximate surface area is 160 Å². The minimum absolute atomic E-state index is 0.101. The maximum atomic E-state index is 11.1. The van der Waals surface area contributed by atoms with E-state index in [4.69, 9.17) is 20.5 Å². The van der Waals surface area contributed by atoms with Crippen molar-refractivity contribution < 1.29 is 14.3 Å². The standard InChI is InChI=1S/C22H24N2O3/c1-15(2)20-8-7-16(3)11-21(20)27-10-9-26-19-6-4-5-17(13-19)12-18(14-23)22(24)25/h4-8,11-13,15H,9-10H2,1-3H3,(H2,24,25). The van der Waals surface area contributed by atoms with Crippen LogP contribution in [0.5, 0.6) is 11.5 Å². The zero-order valence-corrected chi connectivity index (χ0v) is 15.9. The maximum Gasteiger partial charge on any atom is 0.259 e. The molecule has 0 aliphatic carbocycles. The Hall–Kier alpha value is -3.26. The number of carbonyl (C=O) groups is 1. The summed E-state index contributed by atoms with van der Waals surface area (Å²) in [6.45, 7) is 7.09. The number of carbonyl (C=O) groups excluding carboxylic acids is 1.